The highest BCUT2D eigenvalue weighted by Gasteiger charge is 2.23. The van der Waals surface area contributed by atoms with Crippen LogP contribution in [-0.2, 0) is 7.05 Å². The third-order valence-electron chi connectivity index (χ3n) is 2.25. The Morgan fingerprint density at radius 3 is 3.00 bits per heavy atom. The van der Waals surface area contributed by atoms with Gasteiger partial charge in [-0.1, -0.05) is 11.6 Å². The van der Waals surface area contributed by atoms with E-state index in [0.717, 1.165) is 6.54 Å². The summed E-state index contributed by atoms with van der Waals surface area (Å²) in [6.07, 6.45) is 4.06. The van der Waals surface area contributed by atoms with Crippen molar-refractivity contribution >= 4 is 17.5 Å². The smallest absolute Gasteiger partial charge is 0.273 e. The van der Waals surface area contributed by atoms with E-state index < -0.39 is 0 Å². The minimum atomic E-state index is -0.178. The van der Waals surface area contributed by atoms with Crippen molar-refractivity contribution in [3.63, 3.8) is 0 Å². The molecular formula is C9H12ClN3O. The molecule has 4 nitrogen and oxygen atoms in total. The van der Waals surface area contributed by atoms with Gasteiger partial charge in [0.15, 0.2) is 5.69 Å². The van der Waals surface area contributed by atoms with E-state index in [0.29, 0.717) is 16.6 Å². The largest absolute Gasteiger partial charge is 0.350 e. The molecule has 1 aromatic heterocycles. The normalized spacial score (nSPS) is 15.6. The van der Waals surface area contributed by atoms with Crippen molar-refractivity contribution in [3.8, 4) is 0 Å². The summed E-state index contributed by atoms with van der Waals surface area (Å²) in [5.41, 5.74) is 0.315. The van der Waals surface area contributed by atoms with Crippen LogP contribution >= 0.6 is 11.6 Å². The first kappa shape index (κ1) is 9.52. The standard InChI is InChI=1S/C9H12ClN3O/c1-13-5-7(10)8(12-13)9(14)11-4-6-2-3-6/h5-6H,2-4H2,1H3,(H,11,14). The van der Waals surface area contributed by atoms with Gasteiger partial charge in [0, 0.05) is 19.8 Å². The van der Waals surface area contributed by atoms with E-state index in [1.807, 2.05) is 0 Å². The average molecular weight is 214 g/mol. The van der Waals surface area contributed by atoms with Gasteiger partial charge in [-0.15, -0.1) is 0 Å². The number of nitrogens with one attached hydrogen (secondary N) is 1. The molecule has 1 heterocycles. The van der Waals surface area contributed by atoms with Gasteiger partial charge in [-0.3, -0.25) is 9.48 Å². The Morgan fingerprint density at radius 1 is 1.79 bits per heavy atom. The van der Waals surface area contributed by atoms with Crippen molar-refractivity contribution < 1.29 is 4.79 Å². The van der Waals surface area contributed by atoms with Gasteiger partial charge < -0.3 is 5.32 Å². The van der Waals surface area contributed by atoms with Crippen LogP contribution in [0.5, 0.6) is 0 Å². The van der Waals surface area contributed by atoms with E-state index in [9.17, 15) is 4.79 Å². The molecule has 0 aliphatic heterocycles. The second-order valence-electron chi connectivity index (χ2n) is 3.65. The van der Waals surface area contributed by atoms with Gasteiger partial charge in [0.25, 0.3) is 5.91 Å². The fourth-order valence-electron chi connectivity index (χ4n) is 1.26. The van der Waals surface area contributed by atoms with E-state index in [1.54, 1.807) is 13.2 Å². The van der Waals surface area contributed by atoms with E-state index in [2.05, 4.69) is 10.4 Å². The third-order valence-corrected chi connectivity index (χ3v) is 2.52. The van der Waals surface area contributed by atoms with Crippen LogP contribution in [0.2, 0.25) is 5.02 Å². The SMILES string of the molecule is Cn1cc(Cl)c(C(=O)NCC2CC2)n1. The fraction of sp³-hybridized carbons (Fsp3) is 0.556. The molecule has 14 heavy (non-hydrogen) atoms. The lowest BCUT2D eigenvalue weighted by atomic mass is 10.3. The van der Waals surface area contributed by atoms with Crippen LogP contribution in [-0.4, -0.2) is 22.2 Å². The molecule has 0 aromatic carbocycles. The van der Waals surface area contributed by atoms with Crippen LogP contribution in [0.25, 0.3) is 0 Å². The minimum absolute atomic E-state index is 0.178. The number of halogens is 1. The fourth-order valence-corrected chi connectivity index (χ4v) is 1.52. The lowest BCUT2D eigenvalue weighted by Crippen LogP contribution is -2.26. The summed E-state index contributed by atoms with van der Waals surface area (Å²) in [6, 6.07) is 0. The summed E-state index contributed by atoms with van der Waals surface area (Å²) in [7, 11) is 1.74. The molecule has 1 saturated carbocycles. The molecule has 0 atom stereocenters. The molecule has 1 aliphatic rings. The summed E-state index contributed by atoms with van der Waals surface area (Å²) < 4.78 is 1.54. The molecule has 0 spiro atoms. The number of carbonyl (C=O) groups is 1. The van der Waals surface area contributed by atoms with Crippen molar-refractivity contribution in [3.05, 3.63) is 16.9 Å². The first-order chi connectivity index (χ1) is 6.66. The average Bonchev–Trinajstić information content (AvgIpc) is 2.88. The maximum Gasteiger partial charge on any atom is 0.273 e. The zero-order valence-electron chi connectivity index (χ0n) is 7.96. The first-order valence-corrected chi connectivity index (χ1v) is 5.02. The van der Waals surface area contributed by atoms with Gasteiger partial charge in [-0.2, -0.15) is 5.10 Å². The number of nitrogens with zero attached hydrogens (tertiary/aromatic N) is 2. The predicted molar refractivity (Wildman–Crippen MR) is 53.3 cm³/mol. The zero-order valence-corrected chi connectivity index (χ0v) is 8.71. The summed E-state index contributed by atoms with van der Waals surface area (Å²) in [6.45, 7) is 0.742. The summed E-state index contributed by atoms with van der Waals surface area (Å²) in [5.74, 6) is 0.490. The molecule has 0 radical (unpaired) electrons. The van der Waals surface area contributed by atoms with Crippen LogP contribution in [0, 0.1) is 5.92 Å². The summed E-state index contributed by atoms with van der Waals surface area (Å²) in [5, 5.41) is 7.20. The van der Waals surface area contributed by atoms with Gasteiger partial charge in [0.1, 0.15) is 0 Å². The molecule has 5 heteroatoms. The predicted octanol–water partition coefficient (Wildman–Crippen LogP) is 1.21. The Labute approximate surface area is 87.2 Å². The number of amides is 1. The summed E-state index contributed by atoms with van der Waals surface area (Å²) >= 11 is 5.83. The van der Waals surface area contributed by atoms with Crippen molar-refractivity contribution in [1.29, 1.82) is 0 Å². The Kier molecular flexibility index (Phi) is 2.46. The third kappa shape index (κ3) is 2.07. The monoisotopic (exact) mass is 213 g/mol. The Balaban J connectivity index is 1.98. The maximum atomic E-state index is 11.5. The second kappa shape index (κ2) is 3.61. The van der Waals surface area contributed by atoms with Gasteiger partial charge >= 0.3 is 0 Å². The Morgan fingerprint density at radius 2 is 2.50 bits per heavy atom. The molecular weight excluding hydrogens is 202 g/mol. The molecule has 0 saturated heterocycles. The highest BCUT2D eigenvalue weighted by atomic mass is 35.5. The number of rotatable bonds is 3. The number of hydrogen-bond donors (Lipinski definition) is 1. The number of carbonyl (C=O) groups excluding carboxylic acids is 1. The van der Waals surface area contributed by atoms with E-state index >= 15 is 0 Å². The zero-order chi connectivity index (χ0) is 10.1. The van der Waals surface area contributed by atoms with Crippen molar-refractivity contribution in [2.75, 3.05) is 6.54 Å². The van der Waals surface area contributed by atoms with Crippen LogP contribution < -0.4 is 5.32 Å². The van der Waals surface area contributed by atoms with E-state index in [-0.39, 0.29) is 5.91 Å². The van der Waals surface area contributed by atoms with E-state index in [4.69, 9.17) is 11.6 Å². The number of aromatic nitrogens is 2. The molecule has 2 rings (SSSR count). The number of aryl methyl sites for hydroxylation is 1. The molecule has 0 bridgehead atoms. The quantitative estimate of drug-likeness (QED) is 0.821. The molecule has 1 aliphatic carbocycles. The molecule has 1 amide bonds. The van der Waals surface area contributed by atoms with Gasteiger partial charge in [-0.05, 0) is 18.8 Å². The number of hydrogen-bond acceptors (Lipinski definition) is 2. The van der Waals surface area contributed by atoms with E-state index in [1.165, 1.54) is 17.5 Å². The lowest BCUT2D eigenvalue weighted by Gasteiger charge is -2.00. The highest BCUT2D eigenvalue weighted by Crippen LogP contribution is 2.27. The van der Waals surface area contributed by atoms with Crippen LogP contribution in [0.4, 0.5) is 0 Å². The van der Waals surface area contributed by atoms with Crippen LogP contribution in [0.3, 0.4) is 0 Å². The molecule has 1 aromatic rings. The van der Waals surface area contributed by atoms with Crippen LogP contribution in [0.15, 0.2) is 6.20 Å². The molecule has 1 fully saturated rings. The molecule has 1 N–H and O–H groups in total. The highest BCUT2D eigenvalue weighted by molar-refractivity contribution is 6.33. The van der Waals surface area contributed by atoms with Crippen molar-refractivity contribution in [1.82, 2.24) is 15.1 Å². The Bertz CT molecular complexity index is 357. The first-order valence-electron chi connectivity index (χ1n) is 4.64. The van der Waals surface area contributed by atoms with Gasteiger partial charge in [0.05, 0.1) is 5.02 Å². The maximum absolute atomic E-state index is 11.5. The minimum Gasteiger partial charge on any atom is -0.350 e. The topological polar surface area (TPSA) is 46.9 Å². The van der Waals surface area contributed by atoms with Crippen LogP contribution in [0.1, 0.15) is 23.3 Å². The van der Waals surface area contributed by atoms with Gasteiger partial charge in [-0.25, -0.2) is 0 Å². The Hall–Kier alpha value is -1.03. The second-order valence-corrected chi connectivity index (χ2v) is 4.06. The van der Waals surface area contributed by atoms with Gasteiger partial charge in [0.2, 0.25) is 0 Å². The summed E-state index contributed by atoms with van der Waals surface area (Å²) in [4.78, 5) is 11.5. The molecule has 0 unspecified atom stereocenters. The molecule has 76 valence electrons. The van der Waals surface area contributed by atoms with Crippen molar-refractivity contribution in [2.45, 2.75) is 12.8 Å². The lowest BCUT2D eigenvalue weighted by molar-refractivity contribution is 0.0946. The van der Waals surface area contributed by atoms with Crippen molar-refractivity contribution in [2.24, 2.45) is 13.0 Å².